The molecule has 0 radical (unpaired) electrons. The minimum atomic E-state index is -0.478. The van der Waals surface area contributed by atoms with E-state index in [-0.39, 0.29) is 12.7 Å². The number of rotatable bonds is 3. The Labute approximate surface area is 120 Å². The van der Waals surface area contributed by atoms with Gasteiger partial charge in [-0.3, -0.25) is 4.90 Å². The summed E-state index contributed by atoms with van der Waals surface area (Å²) in [5, 5.41) is 8.96. The van der Waals surface area contributed by atoms with Crippen LogP contribution in [0.5, 0.6) is 0 Å². The summed E-state index contributed by atoms with van der Waals surface area (Å²) in [4.78, 5) is 13.9. The third kappa shape index (κ3) is 3.31. The summed E-state index contributed by atoms with van der Waals surface area (Å²) in [5.74, 6) is 0. The molecule has 110 valence electrons. The zero-order chi connectivity index (χ0) is 14.8. The molecule has 1 aromatic rings. The number of carbonyl (C=O) groups is 1. The fourth-order valence-corrected chi connectivity index (χ4v) is 2.52. The highest BCUT2D eigenvalue weighted by Gasteiger charge is 2.29. The van der Waals surface area contributed by atoms with E-state index in [0.29, 0.717) is 6.54 Å². The molecule has 1 aliphatic heterocycles. The Morgan fingerprint density at radius 1 is 1.40 bits per heavy atom. The second kappa shape index (κ2) is 5.83. The molecule has 0 aliphatic carbocycles. The number of hydrogen-bond donors (Lipinski definition) is 1. The first kappa shape index (κ1) is 14.9. The molecule has 0 saturated heterocycles. The van der Waals surface area contributed by atoms with E-state index in [1.54, 1.807) is 4.90 Å². The Bertz CT molecular complexity index is 491. The van der Waals surface area contributed by atoms with Crippen molar-refractivity contribution < 1.29 is 14.6 Å². The zero-order valence-electron chi connectivity index (χ0n) is 12.5. The van der Waals surface area contributed by atoms with Crippen molar-refractivity contribution in [3.8, 4) is 0 Å². The highest BCUT2D eigenvalue weighted by molar-refractivity contribution is 5.90. The number of aliphatic hydroxyl groups is 1. The number of aryl methyl sites for hydroxylation is 1. The van der Waals surface area contributed by atoms with E-state index in [1.807, 2.05) is 32.9 Å². The minimum Gasteiger partial charge on any atom is -0.443 e. The van der Waals surface area contributed by atoms with E-state index in [9.17, 15) is 4.79 Å². The Kier molecular flexibility index (Phi) is 4.33. The lowest BCUT2D eigenvalue weighted by Crippen LogP contribution is -2.35. The van der Waals surface area contributed by atoms with E-state index in [2.05, 4.69) is 6.07 Å². The summed E-state index contributed by atoms with van der Waals surface area (Å²) < 4.78 is 5.45. The first-order valence-electron chi connectivity index (χ1n) is 7.14. The molecule has 0 aromatic heterocycles. The summed E-state index contributed by atoms with van der Waals surface area (Å²) in [6, 6.07) is 6.01. The molecule has 0 bridgehead atoms. The SMILES string of the molecule is CC(C)(C)OC(=O)N1CCc2c(CCCO)cccc21. The van der Waals surface area contributed by atoms with Gasteiger partial charge in [-0.25, -0.2) is 4.79 Å². The average Bonchev–Trinajstić information content (AvgIpc) is 2.78. The van der Waals surface area contributed by atoms with Crippen LogP contribution in [0.15, 0.2) is 18.2 Å². The van der Waals surface area contributed by atoms with Crippen LogP contribution in [-0.2, 0) is 17.6 Å². The van der Waals surface area contributed by atoms with Gasteiger partial charge in [-0.1, -0.05) is 12.1 Å². The van der Waals surface area contributed by atoms with Crippen molar-refractivity contribution in [1.29, 1.82) is 0 Å². The molecule has 1 aromatic carbocycles. The van der Waals surface area contributed by atoms with Crippen LogP contribution in [0.4, 0.5) is 10.5 Å². The molecule has 0 spiro atoms. The maximum atomic E-state index is 12.2. The molecule has 0 fully saturated rings. The highest BCUT2D eigenvalue weighted by atomic mass is 16.6. The van der Waals surface area contributed by atoms with Crippen molar-refractivity contribution in [2.75, 3.05) is 18.1 Å². The first-order valence-corrected chi connectivity index (χ1v) is 7.14. The molecule has 1 N–H and O–H groups in total. The zero-order valence-corrected chi connectivity index (χ0v) is 12.5. The third-order valence-corrected chi connectivity index (χ3v) is 3.34. The lowest BCUT2D eigenvalue weighted by atomic mass is 10.0. The van der Waals surface area contributed by atoms with Crippen LogP contribution in [0.3, 0.4) is 0 Å². The topological polar surface area (TPSA) is 49.8 Å². The van der Waals surface area contributed by atoms with Crippen LogP contribution in [0, 0.1) is 0 Å². The maximum Gasteiger partial charge on any atom is 0.414 e. The Balaban J connectivity index is 2.18. The number of fused-ring (bicyclic) bond motifs is 1. The lowest BCUT2D eigenvalue weighted by Gasteiger charge is -2.24. The van der Waals surface area contributed by atoms with E-state index in [0.717, 1.165) is 24.9 Å². The smallest absolute Gasteiger partial charge is 0.414 e. The van der Waals surface area contributed by atoms with Crippen molar-refractivity contribution in [1.82, 2.24) is 0 Å². The normalized spacial score (nSPS) is 14.3. The summed E-state index contributed by atoms with van der Waals surface area (Å²) in [7, 11) is 0. The quantitative estimate of drug-likeness (QED) is 0.924. The average molecular weight is 277 g/mol. The molecule has 4 nitrogen and oxygen atoms in total. The van der Waals surface area contributed by atoms with Crippen LogP contribution in [0.1, 0.15) is 38.3 Å². The summed E-state index contributed by atoms with van der Waals surface area (Å²) in [6.07, 6.45) is 2.18. The maximum absolute atomic E-state index is 12.2. The molecule has 0 unspecified atom stereocenters. The van der Waals surface area contributed by atoms with Crippen LogP contribution in [0.2, 0.25) is 0 Å². The molecule has 1 aliphatic rings. The van der Waals surface area contributed by atoms with Gasteiger partial charge < -0.3 is 9.84 Å². The number of ether oxygens (including phenoxy) is 1. The number of carbonyl (C=O) groups excluding carboxylic acids is 1. The molecule has 2 rings (SSSR count). The fourth-order valence-electron chi connectivity index (χ4n) is 2.52. The summed E-state index contributed by atoms with van der Waals surface area (Å²) in [6.45, 7) is 6.48. The molecule has 0 atom stereocenters. The third-order valence-electron chi connectivity index (χ3n) is 3.34. The summed E-state index contributed by atoms with van der Waals surface area (Å²) >= 11 is 0. The standard InChI is InChI=1S/C16H23NO3/c1-16(2,3)20-15(19)17-10-9-13-12(7-5-11-18)6-4-8-14(13)17/h4,6,8,18H,5,7,9-11H2,1-3H3. The van der Waals surface area contributed by atoms with Crippen LogP contribution >= 0.6 is 0 Å². The van der Waals surface area contributed by atoms with Gasteiger partial charge in [-0.2, -0.15) is 0 Å². The number of benzene rings is 1. The van der Waals surface area contributed by atoms with Crippen LogP contribution in [-0.4, -0.2) is 30.0 Å². The second-order valence-electron chi connectivity index (χ2n) is 6.12. The van der Waals surface area contributed by atoms with Gasteiger partial charge in [0.1, 0.15) is 5.60 Å². The van der Waals surface area contributed by atoms with E-state index in [1.165, 1.54) is 11.1 Å². The van der Waals surface area contributed by atoms with Gasteiger partial charge >= 0.3 is 6.09 Å². The van der Waals surface area contributed by atoms with Crippen molar-refractivity contribution >= 4 is 11.8 Å². The van der Waals surface area contributed by atoms with E-state index < -0.39 is 5.60 Å². The van der Waals surface area contributed by atoms with Gasteiger partial charge in [-0.05, 0) is 57.2 Å². The lowest BCUT2D eigenvalue weighted by molar-refractivity contribution is 0.0584. The number of amides is 1. The highest BCUT2D eigenvalue weighted by Crippen LogP contribution is 2.32. The molecule has 20 heavy (non-hydrogen) atoms. The minimum absolute atomic E-state index is 0.194. The number of aliphatic hydroxyl groups excluding tert-OH is 1. The molecule has 0 saturated carbocycles. The number of hydrogen-bond acceptors (Lipinski definition) is 3. The van der Waals surface area contributed by atoms with Gasteiger partial charge in [0.05, 0.1) is 5.69 Å². The predicted molar refractivity (Wildman–Crippen MR) is 79.1 cm³/mol. The first-order chi connectivity index (χ1) is 9.42. The predicted octanol–water partition coefficient (Wildman–Crippen LogP) is 2.91. The second-order valence-corrected chi connectivity index (χ2v) is 6.12. The molecule has 4 heteroatoms. The van der Waals surface area contributed by atoms with Crippen molar-refractivity contribution in [2.24, 2.45) is 0 Å². The molecular formula is C16H23NO3. The molecule has 1 heterocycles. The van der Waals surface area contributed by atoms with Gasteiger partial charge in [0.15, 0.2) is 0 Å². The Hall–Kier alpha value is -1.55. The number of nitrogens with zero attached hydrogens (tertiary/aromatic N) is 1. The molecular weight excluding hydrogens is 254 g/mol. The Morgan fingerprint density at radius 3 is 2.80 bits per heavy atom. The van der Waals surface area contributed by atoms with Crippen molar-refractivity contribution in [3.05, 3.63) is 29.3 Å². The number of anilines is 1. The van der Waals surface area contributed by atoms with Gasteiger partial charge in [-0.15, -0.1) is 0 Å². The van der Waals surface area contributed by atoms with Crippen molar-refractivity contribution in [3.63, 3.8) is 0 Å². The van der Waals surface area contributed by atoms with Crippen LogP contribution in [0.25, 0.3) is 0 Å². The Morgan fingerprint density at radius 2 is 2.15 bits per heavy atom. The van der Waals surface area contributed by atoms with Gasteiger partial charge in [0, 0.05) is 13.2 Å². The monoisotopic (exact) mass is 277 g/mol. The van der Waals surface area contributed by atoms with Gasteiger partial charge in [0.25, 0.3) is 0 Å². The molecule has 1 amide bonds. The summed E-state index contributed by atoms with van der Waals surface area (Å²) in [5.41, 5.74) is 2.91. The van der Waals surface area contributed by atoms with Gasteiger partial charge in [0.2, 0.25) is 0 Å². The van der Waals surface area contributed by atoms with E-state index >= 15 is 0 Å². The van der Waals surface area contributed by atoms with E-state index in [4.69, 9.17) is 9.84 Å². The van der Waals surface area contributed by atoms with Crippen LogP contribution < -0.4 is 4.90 Å². The van der Waals surface area contributed by atoms with Crippen molar-refractivity contribution in [2.45, 2.75) is 45.6 Å². The largest absolute Gasteiger partial charge is 0.443 e. The fraction of sp³-hybridized carbons (Fsp3) is 0.562.